The van der Waals surface area contributed by atoms with E-state index in [1.54, 1.807) is 35.2 Å². The fraction of sp³-hybridized carbons (Fsp3) is 0.207. The molecule has 3 N–H and O–H groups in total. The molecule has 10 heteroatoms. The fourth-order valence-electron chi connectivity index (χ4n) is 4.78. The van der Waals surface area contributed by atoms with Crippen LogP contribution in [-0.2, 0) is 5.41 Å². The second kappa shape index (κ2) is 10.4. The van der Waals surface area contributed by atoms with Crippen molar-refractivity contribution in [2.45, 2.75) is 32.5 Å². The van der Waals surface area contributed by atoms with Crippen LogP contribution < -0.4 is 20.3 Å². The molecule has 0 aliphatic carbocycles. The van der Waals surface area contributed by atoms with E-state index in [0.29, 0.717) is 29.2 Å². The van der Waals surface area contributed by atoms with Crippen LogP contribution >= 0.6 is 0 Å². The molecule has 3 aromatic rings. The first-order valence-electron chi connectivity index (χ1n) is 12.0. The number of allylic oxidation sites excluding steroid dienone is 3. The average Bonchev–Trinajstić information content (AvgIpc) is 3.14. The van der Waals surface area contributed by atoms with Crippen molar-refractivity contribution >= 4 is 34.4 Å². The van der Waals surface area contributed by atoms with Crippen LogP contribution in [0.3, 0.4) is 0 Å². The predicted molar refractivity (Wildman–Crippen MR) is 144 cm³/mol. The molecule has 204 valence electrons. The summed E-state index contributed by atoms with van der Waals surface area (Å²) in [5, 5.41) is 16.1. The average molecular weight is 542 g/mol. The number of halogens is 4. The quantitative estimate of drug-likeness (QED) is 0.218. The number of hydrogen-bond acceptors (Lipinski definition) is 4. The number of carbonyl (C=O) groups excluding carboxylic acids is 1. The Bertz CT molecular complexity index is 1450. The second-order valence-electron chi connectivity index (χ2n) is 9.56. The number of phenols is 1. The van der Waals surface area contributed by atoms with Gasteiger partial charge in [-0.2, -0.15) is 0 Å². The van der Waals surface area contributed by atoms with Crippen LogP contribution in [0, 0.1) is 5.82 Å². The number of anilines is 4. The summed E-state index contributed by atoms with van der Waals surface area (Å²) < 4.78 is 56.0. The summed E-state index contributed by atoms with van der Waals surface area (Å²) in [6.45, 7) is 10.0. The molecule has 1 heterocycles. The number of alkyl halides is 3. The Labute approximate surface area is 223 Å². The summed E-state index contributed by atoms with van der Waals surface area (Å²) in [5.41, 5.74) is 2.99. The van der Waals surface area contributed by atoms with Crippen molar-refractivity contribution in [2.24, 2.45) is 0 Å². The van der Waals surface area contributed by atoms with Gasteiger partial charge in [0.1, 0.15) is 5.75 Å². The minimum atomic E-state index is -4.82. The predicted octanol–water partition coefficient (Wildman–Crippen LogP) is 8.09. The van der Waals surface area contributed by atoms with Gasteiger partial charge in [0.05, 0.1) is 17.1 Å². The third-order valence-corrected chi connectivity index (χ3v) is 6.36. The number of amides is 2. The zero-order valence-corrected chi connectivity index (χ0v) is 21.5. The van der Waals surface area contributed by atoms with Crippen molar-refractivity contribution in [3.63, 3.8) is 0 Å². The maximum Gasteiger partial charge on any atom is 0.573 e. The first-order valence-corrected chi connectivity index (χ1v) is 12.0. The topological polar surface area (TPSA) is 73.8 Å². The van der Waals surface area contributed by atoms with Crippen molar-refractivity contribution in [2.75, 3.05) is 22.1 Å². The van der Waals surface area contributed by atoms with Crippen LogP contribution in [0.15, 0.2) is 73.3 Å². The number of benzene rings is 3. The Hall–Kier alpha value is -4.47. The molecule has 0 bridgehead atoms. The molecule has 0 spiro atoms. The van der Waals surface area contributed by atoms with Crippen LogP contribution in [0.4, 0.5) is 45.1 Å². The van der Waals surface area contributed by atoms with E-state index in [2.05, 4.69) is 21.9 Å². The highest BCUT2D eigenvalue weighted by Gasteiger charge is 2.42. The van der Waals surface area contributed by atoms with E-state index >= 15 is 0 Å². The highest BCUT2D eigenvalue weighted by Crippen LogP contribution is 2.53. The third-order valence-electron chi connectivity index (χ3n) is 6.36. The highest BCUT2D eigenvalue weighted by molar-refractivity contribution is 6.03. The van der Waals surface area contributed by atoms with Crippen LogP contribution in [0.1, 0.15) is 31.9 Å². The van der Waals surface area contributed by atoms with Crippen LogP contribution in [-0.4, -0.2) is 24.0 Å². The largest absolute Gasteiger partial charge is 0.573 e. The molecular formula is C29H27F4N3O3. The number of fused-ring (bicyclic) bond motifs is 1. The first-order chi connectivity index (χ1) is 18.3. The van der Waals surface area contributed by atoms with Crippen molar-refractivity contribution in [3.05, 3.63) is 90.3 Å². The Morgan fingerprint density at radius 2 is 1.79 bits per heavy atom. The van der Waals surface area contributed by atoms with E-state index in [1.807, 2.05) is 26.8 Å². The molecule has 2 amide bonds. The molecule has 0 atom stereocenters. The normalized spacial score (nSPS) is 14.5. The Morgan fingerprint density at radius 3 is 2.41 bits per heavy atom. The lowest BCUT2D eigenvalue weighted by molar-refractivity contribution is -0.274. The van der Waals surface area contributed by atoms with Crippen molar-refractivity contribution in [3.8, 4) is 11.5 Å². The van der Waals surface area contributed by atoms with Gasteiger partial charge in [0, 0.05) is 17.6 Å². The van der Waals surface area contributed by atoms with Gasteiger partial charge in [0.15, 0.2) is 11.6 Å². The molecule has 0 saturated carbocycles. The smallest absolute Gasteiger partial charge is 0.503 e. The second-order valence-corrected chi connectivity index (χ2v) is 9.56. The van der Waals surface area contributed by atoms with Crippen molar-refractivity contribution < 1.29 is 32.2 Å². The van der Waals surface area contributed by atoms with E-state index in [0.717, 1.165) is 23.3 Å². The molecule has 0 saturated heterocycles. The van der Waals surface area contributed by atoms with E-state index in [-0.39, 0.29) is 5.69 Å². The number of hydrogen-bond donors (Lipinski definition) is 3. The van der Waals surface area contributed by atoms with Gasteiger partial charge in [0.2, 0.25) is 0 Å². The number of aromatic hydroxyl groups is 1. The molecule has 4 rings (SSSR count). The molecule has 0 aromatic heterocycles. The first kappa shape index (κ1) is 27.6. The zero-order valence-electron chi connectivity index (χ0n) is 21.5. The van der Waals surface area contributed by atoms with Gasteiger partial charge in [0.25, 0.3) is 0 Å². The number of nitrogens with one attached hydrogen (secondary N) is 2. The monoisotopic (exact) mass is 541 g/mol. The third kappa shape index (κ3) is 5.69. The minimum absolute atomic E-state index is 0.236. The van der Waals surface area contributed by atoms with Gasteiger partial charge < -0.3 is 25.4 Å². The molecule has 0 fully saturated rings. The lowest BCUT2D eigenvalue weighted by Crippen LogP contribution is -2.27. The van der Waals surface area contributed by atoms with Crippen LogP contribution in [0.25, 0.3) is 5.57 Å². The Morgan fingerprint density at radius 1 is 1.13 bits per heavy atom. The summed E-state index contributed by atoms with van der Waals surface area (Å²) in [7, 11) is 0. The molecule has 39 heavy (non-hydrogen) atoms. The minimum Gasteiger partial charge on any atom is -0.503 e. The number of ether oxygens (including phenoxy) is 1. The molecule has 6 nitrogen and oxygen atoms in total. The van der Waals surface area contributed by atoms with E-state index in [4.69, 9.17) is 0 Å². The molecular weight excluding hydrogens is 514 g/mol. The van der Waals surface area contributed by atoms with Gasteiger partial charge >= 0.3 is 12.4 Å². The number of para-hydroxylation sites is 2. The van der Waals surface area contributed by atoms with E-state index in [1.165, 1.54) is 18.2 Å². The maximum absolute atomic E-state index is 15.0. The number of phenolic OH excluding ortho intramolecular Hbond substituents is 1. The molecule has 0 radical (unpaired) electrons. The molecule has 3 aromatic carbocycles. The van der Waals surface area contributed by atoms with Gasteiger partial charge in [-0.1, -0.05) is 44.7 Å². The lowest BCUT2D eigenvalue weighted by atomic mass is 9.81. The van der Waals surface area contributed by atoms with Crippen molar-refractivity contribution in [1.29, 1.82) is 0 Å². The Kier molecular flexibility index (Phi) is 7.32. The number of rotatable bonds is 6. The molecule has 1 aliphatic heterocycles. The van der Waals surface area contributed by atoms with Crippen molar-refractivity contribution in [1.82, 2.24) is 0 Å². The zero-order chi connectivity index (χ0) is 28.5. The number of carbonyl (C=O) groups is 1. The summed E-state index contributed by atoms with van der Waals surface area (Å²) in [5.74, 6) is -1.70. The van der Waals surface area contributed by atoms with E-state index in [9.17, 15) is 27.5 Å². The number of urea groups is 1. The summed E-state index contributed by atoms with van der Waals surface area (Å²) in [6, 6.07) is 12.2. The summed E-state index contributed by atoms with van der Waals surface area (Å²) >= 11 is 0. The van der Waals surface area contributed by atoms with Crippen LogP contribution in [0.2, 0.25) is 0 Å². The highest BCUT2D eigenvalue weighted by atomic mass is 19.4. The van der Waals surface area contributed by atoms with Gasteiger partial charge in [-0.15, -0.1) is 13.2 Å². The van der Waals surface area contributed by atoms with Gasteiger partial charge in [-0.25, -0.2) is 9.18 Å². The lowest BCUT2D eigenvalue weighted by Gasteiger charge is -2.25. The van der Waals surface area contributed by atoms with E-state index < -0.39 is 35.1 Å². The SMILES string of the molecule is C=CC(=CC)c1cc(F)c(O)c2c1C(C)(C)CN2c1ccccc1NC(=O)Nc1ccc(OC(F)(F)F)cc1. The van der Waals surface area contributed by atoms with Gasteiger partial charge in [-0.05, 0) is 66.1 Å². The van der Waals surface area contributed by atoms with Crippen LogP contribution in [0.5, 0.6) is 11.5 Å². The Balaban J connectivity index is 1.66. The standard InChI is InChI=1S/C29H27F4N3O3/c1-5-17(6-2)20-15-21(30)26(37)25-24(20)28(3,4)16-36(25)23-10-8-7-9-22(23)35-27(38)34-18-11-13-19(14-12-18)39-29(31,32)33/h5-15,37H,1,16H2,2-4H3,(H2,34,35,38). The maximum atomic E-state index is 15.0. The number of nitrogens with zero attached hydrogens (tertiary/aromatic N) is 1. The molecule has 0 unspecified atom stereocenters. The summed E-state index contributed by atoms with van der Waals surface area (Å²) in [4.78, 5) is 14.6. The molecule has 1 aliphatic rings. The fourth-order valence-corrected chi connectivity index (χ4v) is 4.78. The van der Waals surface area contributed by atoms with Gasteiger partial charge in [-0.3, -0.25) is 0 Å². The summed E-state index contributed by atoms with van der Waals surface area (Å²) in [6.07, 6.45) is -1.37.